The van der Waals surface area contributed by atoms with Crippen LogP contribution in [-0.4, -0.2) is 26.0 Å². The third kappa shape index (κ3) is 2.63. The summed E-state index contributed by atoms with van der Waals surface area (Å²) in [6.45, 7) is 2.13. The first-order chi connectivity index (χ1) is 9.64. The Morgan fingerprint density at radius 2 is 2.20 bits per heavy atom. The number of hydrogen-bond donors (Lipinski definition) is 1. The molecule has 1 heterocycles. The lowest BCUT2D eigenvalue weighted by Crippen LogP contribution is -2.30. The summed E-state index contributed by atoms with van der Waals surface area (Å²) < 4.78 is 6.13. The standard InChI is InChI=1S/C16H20BrNO2/c1-20-15-3-2-11(8-13(15)17)9-14(19)12-10-16(12)4-6-18-7-5-16/h2-3,8,12,18H,4-7,9-10H2,1H3. The van der Waals surface area contributed by atoms with Crippen molar-refractivity contribution in [2.24, 2.45) is 11.3 Å². The van der Waals surface area contributed by atoms with Crippen LogP contribution in [-0.2, 0) is 11.2 Å². The maximum absolute atomic E-state index is 12.4. The lowest BCUT2D eigenvalue weighted by molar-refractivity contribution is -0.120. The van der Waals surface area contributed by atoms with E-state index in [4.69, 9.17) is 4.74 Å². The summed E-state index contributed by atoms with van der Waals surface area (Å²) >= 11 is 3.48. The number of hydrogen-bond acceptors (Lipinski definition) is 3. The molecule has 4 heteroatoms. The average molecular weight is 338 g/mol. The number of rotatable bonds is 4. The Morgan fingerprint density at radius 1 is 1.45 bits per heavy atom. The first-order valence-corrected chi connectivity index (χ1v) is 8.00. The molecule has 0 bridgehead atoms. The van der Waals surface area contributed by atoms with E-state index in [1.807, 2.05) is 18.2 Å². The van der Waals surface area contributed by atoms with E-state index in [0.717, 1.165) is 48.1 Å². The number of methoxy groups -OCH3 is 1. The van der Waals surface area contributed by atoms with E-state index in [0.29, 0.717) is 23.5 Å². The Labute approximate surface area is 128 Å². The number of Topliss-reactive ketones (excluding diaryl/α,β-unsaturated/α-hetero) is 1. The molecule has 1 spiro atoms. The molecule has 1 aromatic carbocycles. The van der Waals surface area contributed by atoms with Gasteiger partial charge in [-0.3, -0.25) is 4.79 Å². The number of ether oxygens (including phenoxy) is 1. The molecule has 1 atom stereocenters. The van der Waals surface area contributed by atoms with Crippen molar-refractivity contribution in [3.63, 3.8) is 0 Å². The van der Waals surface area contributed by atoms with Gasteiger partial charge in [-0.15, -0.1) is 0 Å². The van der Waals surface area contributed by atoms with E-state index in [1.54, 1.807) is 7.11 Å². The van der Waals surface area contributed by atoms with E-state index >= 15 is 0 Å². The normalized spacial score (nSPS) is 23.6. The van der Waals surface area contributed by atoms with Gasteiger partial charge in [0.05, 0.1) is 11.6 Å². The van der Waals surface area contributed by atoms with Gasteiger partial charge in [-0.25, -0.2) is 0 Å². The molecule has 1 saturated heterocycles. The van der Waals surface area contributed by atoms with Crippen molar-refractivity contribution in [2.75, 3.05) is 20.2 Å². The molecular formula is C16H20BrNO2. The van der Waals surface area contributed by atoms with Crippen molar-refractivity contribution in [2.45, 2.75) is 25.7 Å². The molecule has 3 nitrogen and oxygen atoms in total. The van der Waals surface area contributed by atoms with Gasteiger partial charge in [0.2, 0.25) is 0 Å². The van der Waals surface area contributed by atoms with Crippen LogP contribution in [0.3, 0.4) is 0 Å². The predicted octanol–water partition coefficient (Wildman–Crippen LogP) is 2.96. The highest BCUT2D eigenvalue weighted by atomic mass is 79.9. The number of carbonyl (C=O) groups is 1. The zero-order chi connectivity index (χ0) is 14.2. The number of piperidine rings is 1. The van der Waals surface area contributed by atoms with Crippen LogP contribution in [0.25, 0.3) is 0 Å². The van der Waals surface area contributed by atoms with Gasteiger partial charge in [0.25, 0.3) is 0 Å². The molecule has 1 aromatic rings. The summed E-state index contributed by atoms with van der Waals surface area (Å²) in [5.41, 5.74) is 1.41. The third-order valence-corrected chi connectivity index (χ3v) is 5.39. The first-order valence-electron chi connectivity index (χ1n) is 7.20. The number of halogens is 1. The topological polar surface area (TPSA) is 38.3 Å². The fourth-order valence-electron chi connectivity index (χ4n) is 3.42. The summed E-state index contributed by atoms with van der Waals surface area (Å²) in [5.74, 6) is 1.51. The van der Waals surface area contributed by atoms with E-state index in [9.17, 15) is 4.79 Å². The zero-order valence-electron chi connectivity index (χ0n) is 11.7. The molecule has 2 aliphatic rings. The lowest BCUT2D eigenvalue weighted by atomic mass is 9.89. The summed E-state index contributed by atoms with van der Waals surface area (Å²) in [6, 6.07) is 5.90. The van der Waals surface area contributed by atoms with Gasteiger partial charge in [0, 0.05) is 12.3 Å². The van der Waals surface area contributed by atoms with Crippen LogP contribution in [0.1, 0.15) is 24.8 Å². The molecule has 0 radical (unpaired) electrons. The van der Waals surface area contributed by atoms with Crippen LogP contribution in [0, 0.1) is 11.3 Å². The predicted molar refractivity (Wildman–Crippen MR) is 82.0 cm³/mol. The number of nitrogens with one attached hydrogen (secondary N) is 1. The van der Waals surface area contributed by atoms with Gasteiger partial charge in [-0.1, -0.05) is 6.07 Å². The minimum absolute atomic E-state index is 0.297. The Morgan fingerprint density at radius 3 is 2.85 bits per heavy atom. The molecule has 20 heavy (non-hydrogen) atoms. The SMILES string of the molecule is COc1ccc(CC(=O)C2CC23CCNCC3)cc1Br. The largest absolute Gasteiger partial charge is 0.496 e. The smallest absolute Gasteiger partial charge is 0.140 e. The van der Waals surface area contributed by atoms with Crippen molar-refractivity contribution in [1.82, 2.24) is 5.32 Å². The quantitative estimate of drug-likeness (QED) is 0.917. The Bertz CT molecular complexity index is 523. The fraction of sp³-hybridized carbons (Fsp3) is 0.562. The number of benzene rings is 1. The highest BCUT2D eigenvalue weighted by molar-refractivity contribution is 9.10. The van der Waals surface area contributed by atoms with Gasteiger partial charge in [-0.05, 0) is 71.4 Å². The van der Waals surface area contributed by atoms with Gasteiger partial charge >= 0.3 is 0 Å². The van der Waals surface area contributed by atoms with Gasteiger partial charge in [-0.2, -0.15) is 0 Å². The minimum Gasteiger partial charge on any atom is -0.496 e. The van der Waals surface area contributed by atoms with Crippen molar-refractivity contribution in [3.8, 4) is 5.75 Å². The molecule has 1 aliphatic heterocycles. The highest BCUT2D eigenvalue weighted by Gasteiger charge is 2.56. The highest BCUT2D eigenvalue weighted by Crippen LogP contribution is 2.59. The van der Waals surface area contributed by atoms with Crippen molar-refractivity contribution >= 4 is 21.7 Å². The second-order valence-corrected chi connectivity index (χ2v) is 6.84. The molecule has 1 saturated carbocycles. The molecule has 2 fully saturated rings. The van der Waals surface area contributed by atoms with Crippen LogP contribution >= 0.6 is 15.9 Å². The molecule has 1 unspecified atom stereocenters. The summed E-state index contributed by atoms with van der Waals surface area (Å²) in [4.78, 5) is 12.4. The molecular weight excluding hydrogens is 318 g/mol. The van der Waals surface area contributed by atoms with E-state index < -0.39 is 0 Å². The van der Waals surface area contributed by atoms with E-state index in [-0.39, 0.29) is 0 Å². The van der Waals surface area contributed by atoms with E-state index in [1.165, 1.54) is 0 Å². The third-order valence-electron chi connectivity index (χ3n) is 4.77. The Kier molecular flexibility index (Phi) is 3.87. The van der Waals surface area contributed by atoms with Crippen LogP contribution in [0.2, 0.25) is 0 Å². The molecule has 0 amide bonds. The first kappa shape index (κ1) is 14.1. The molecule has 108 valence electrons. The maximum atomic E-state index is 12.4. The zero-order valence-corrected chi connectivity index (χ0v) is 13.3. The average Bonchev–Trinajstić information content (AvgIpc) is 3.13. The molecule has 1 aliphatic carbocycles. The molecule has 1 N–H and O–H groups in total. The summed E-state index contributed by atoms with van der Waals surface area (Å²) in [7, 11) is 1.65. The van der Waals surface area contributed by atoms with Crippen LogP contribution in [0.15, 0.2) is 22.7 Å². The summed E-state index contributed by atoms with van der Waals surface area (Å²) in [6.07, 6.45) is 3.97. The monoisotopic (exact) mass is 337 g/mol. The van der Waals surface area contributed by atoms with Crippen LogP contribution in [0.5, 0.6) is 5.75 Å². The second-order valence-electron chi connectivity index (χ2n) is 5.98. The number of carbonyl (C=O) groups excluding carboxylic acids is 1. The fourth-order valence-corrected chi connectivity index (χ4v) is 4.01. The summed E-state index contributed by atoms with van der Waals surface area (Å²) in [5, 5.41) is 3.38. The van der Waals surface area contributed by atoms with Gasteiger partial charge < -0.3 is 10.1 Å². The van der Waals surface area contributed by atoms with E-state index in [2.05, 4.69) is 21.2 Å². The maximum Gasteiger partial charge on any atom is 0.140 e. The van der Waals surface area contributed by atoms with Gasteiger partial charge in [0.1, 0.15) is 11.5 Å². The Hall–Kier alpha value is -0.870. The molecule has 3 rings (SSSR count). The van der Waals surface area contributed by atoms with Gasteiger partial charge in [0.15, 0.2) is 0 Å². The van der Waals surface area contributed by atoms with Crippen molar-refractivity contribution in [3.05, 3.63) is 28.2 Å². The second kappa shape index (κ2) is 5.49. The number of ketones is 1. The lowest BCUT2D eigenvalue weighted by Gasteiger charge is -2.23. The molecule has 0 aromatic heterocycles. The van der Waals surface area contributed by atoms with Crippen LogP contribution in [0.4, 0.5) is 0 Å². The van der Waals surface area contributed by atoms with Crippen LogP contribution < -0.4 is 10.1 Å². The minimum atomic E-state index is 0.297. The Balaban J connectivity index is 1.64. The van der Waals surface area contributed by atoms with Crippen molar-refractivity contribution < 1.29 is 9.53 Å². The van der Waals surface area contributed by atoms with Crippen molar-refractivity contribution in [1.29, 1.82) is 0 Å².